The van der Waals surface area contributed by atoms with E-state index in [4.69, 9.17) is 4.84 Å². The van der Waals surface area contributed by atoms with E-state index in [1.54, 1.807) is 0 Å². The molecule has 2 aliphatic rings. The van der Waals surface area contributed by atoms with Crippen molar-refractivity contribution in [2.24, 2.45) is 11.3 Å². The maximum absolute atomic E-state index is 6.18. The molecule has 2 nitrogen and oxygen atoms in total. The summed E-state index contributed by atoms with van der Waals surface area (Å²) >= 11 is 0. The van der Waals surface area contributed by atoms with Gasteiger partial charge in [-0.1, -0.05) is 38.1 Å². The molecule has 0 radical (unpaired) electrons. The number of rotatable bonds is 1. The molecule has 1 aromatic rings. The van der Waals surface area contributed by atoms with E-state index in [0.717, 1.165) is 0 Å². The van der Waals surface area contributed by atoms with Gasteiger partial charge in [0.05, 0.1) is 5.60 Å². The van der Waals surface area contributed by atoms with E-state index < -0.39 is 0 Å². The minimum absolute atomic E-state index is 0.0791. The monoisotopic (exact) mass is 287 g/mol. The molecule has 2 heteroatoms. The van der Waals surface area contributed by atoms with Crippen LogP contribution in [0, 0.1) is 18.3 Å². The molecule has 2 fully saturated rings. The zero-order chi connectivity index (χ0) is 15.4. The van der Waals surface area contributed by atoms with Gasteiger partial charge >= 0.3 is 0 Å². The molecule has 1 saturated carbocycles. The summed E-state index contributed by atoms with van der Waals surface area (Å²) in [5, 5.41) is 2.13. The van der Waals surface area contributed by atoms with Crippen LogP contribution in [-0.4, -0.2) is 23.8 Å². The highest BCUT2D eigenvalue weighted by Gasteiger charge is 2.58. The SMILES string of the molecule is Cc1ccccc1C1CCC2C(C(C)(C)ON2C)C1(C)C. The number of hydrogen-bond acceptors (Lipinski definition) is 2. The maximum Gasteiger partial charge on any atom is 0.0892 e. The molecule has 0 aromatic heterocycles. The number of aryl methyl sites for hydroxylation is 1. The van der Waals surface area contributed by atoms with Crippen molar-refractivity contribution in [3.05, 3.63) is 35.4 Å². The maximum atomic E-state index is 6.18. The molecule has 0 bridgehead atoms. The zero-order valence-electron chi connectivity index (χ0n) is 14.3. The molecular formula is C19H29NO. The average Bonchev–Trinajstić information content (AvgIpc) is 2.61. The number of benzene rings is 1. The number of hydroxylamine groups is 2. The van der Waals surface area contributed by atoms with Gasteiger partial charge in [0.25, 0.3) is 0 Å². The second kappa shape index (κ2) is 4.82. The molecule has 1 aliphatic carbocycles. The lowest BCUT2D eigenvalue weighted by Crippen LogP contribution is -2.50. The molecule has 1 saturated heterocycles. The van der Waals surface area contributed by atoms with Crippen LogP contribution in [0.15, 0.2) is 24.3 Å². The summed E-state index contributed by atoms with van der Waals surface area (Å²) in [4.78, 5) is 6.18. The van der Waals surface area contributed by atoms with Crippen LogP contribution in [0.1, 0.15) is 57.6 Å². The Hall–Kier alpha value is -0.860. The third kappa shape index (κ3) is 2.24. The summed E-state index contributed by atoms with van der Waals surface area (Å²) in [6.45, 7) is 11.7. The molecule has 0 N–H and O–H groups in total. The number of hydrogen-bond donors (Lipinski definition) is 0. The van der Waals surface area contributed by atoms with E-state index in [0.29, 0.717) is 17.9 Å². The average molecular weight is 287 g/mol. The van der Waals surface area contributed by atoms with Gasteiger partial charge in [-0.25, -0.2) is 0 Å². The van der Waals surface area contributed by atoms with Gasteiger partial charge in [-0.15, -0.1) is 0 Å². The molecule has 1 aliphatic heterocycles. The van der Waals surface area contributed by atoms with Crippen molar-refractivity contribution in [3.8, 4) is 0 Å². The summed E-state index contributed by atoms with van der Waals surface area (Å²) in [7, 11) is 2.11. The van der Waals surface area contributed by atoms with Crippen molar-refractivity contribution in [1.29, 1.82) is 0 Å². The molecule has 1 heterocycles. The van der Waals surface area contributed by atoms with Gasteiger partial charge in [-0.05, 0) is 56.1 Å². The summed E-state index contributed by atoms with van der Waals surface area (Å²) in [5.74, 6) is 1.18. The fraction of sp³-hybridized carbons (Fsp3) is 0.684. The topological polar surface area (TPSA) is 12.5 Å². The Balaban J connectivity index is 2.02. The predicted molar refractivity (Wildman–Crippen MR) is 87.1 cm³/mol. The molecule has 0 amide bonds. The van der Waals surface area contributed by atoms with Crippen LogP contribution < -0.4 is 0 Å². The van der Waals surface area contributed by atoms with E-state index in [-0.39, 0.29) is 11.0 Å². The second-order valence-corrected chi connectivity index (χ2v) is 8.09. The quantitative estimate of drug-likeness (QED) is 0.752. The zero-order valence-corrected chi connectivity index (χ0v) is 14.3. The van der Waals surface area contributed by atoms with E-state index in [1.807, 2.05) is 0 Å². The molecule has 3 atom stereocenters. The lowest BCUT2D eigenvalue weighted by atomic mass is 9.55. The van der Waals surface area contributed by atoms with E-state index in [9.17, 15) is 0 Å². The van der Waals surface area contributed by atoms with Crippen LogP contribution in [0.3, 0.4) is 0 Å². The normalized spacial score (nSPS) is 34.7. The lowest BCUT2D eigenvalue weighted by Gasteiger charge is -2.50. The minimum Gasteiger partial charge on any atom is -0.293 e. The van der Waals surface area contributed by atoms with Crippen molar-refractivity contribution in [2.45, 2.75) is 65.0 Å². The highest BCUT2D eigenvalue weighted by Crippen LogP contribution is 2.58. The molecule has 3 rings (SSSR count). The first-order valence-electron chi connectivity index (χ1n) is 8.22. The first-order chi connectivity index (χ1) is 9.75. The standard InChI is InChI=1S/C19H29NO/c1-13-9-7-8-10-14(13)15-11-12-16-17(18(15,2)3)19(4,5)21-20(16)6/h7-10,15-17H,11-12H2,1-6H3. The fourth-order valence-electron chi connectivity index (χ4n) is 5.37. The highest BCUT2D eigenvalue weighted by molar-refractivity contribution is 5.32. The number of fused-ring (bicyclic) bond motifs is 1. The molecule has 0 spiro atoms. The fourth-order valence-corrected chi connectivity index (χ4v) is 5.37. The Bertz CT molecular complexity index is 534. The van der Waals surface area contributed by atoms with Crippen LogP contribution in [0.2, 0.25) is 0 Å². The largest absolute Gasteiger partial charge is 0.293 e. The van der Waals surface area contributed by atoms with Crippen molar-refractivity contribution in [2.75, 3.05) is 7.05 Å². The first kappa shape index (κ1) is 15.1. The van der Waals surface area contributed by atoms with Crippen molar-refractivity contribution in [3.63, 3.8) is 0 Å². The summed E-state index contributed by atoms with van der Waals surface area (Å²) in [5.41, 5.74) is 3.12. The van der Waals surface area contributed by atoms with Crippen LogP contribution in [0.4, 0.5) is 0 Å². The highest BCUT2D eigenvalue weighted by atomic mass is 16.7. The van der Waals surface area contributed by atoms with Gasteiger partial charge in [-0.3, -0.25) is 4.84 Å². The van der Waals surface area contributed by atoms with Crippen LogP contribution in [-0.2, 0) is 4.84 Å². The van der Waals surface area contributed by atoms with Gasteiger partial charge in [0.2, 0.25) is 0 Å². The smallest absolute Gasteiger partial charge is 0.0892 e. The molecule has 116 valence electrons. The Labute approximate surface area is 129 Å². The summed E-state index contributed by atoms with van der Waals surface area (Å²) in [6.07, 6.45) is 2.48. The van der Waals surface area contributed by atoms with Crippen molar-refractivity contribution < 1.29 is 4.84 Å². The van der Waals surface area contributed by atoms with Gasteiger partial charge in [0, 0.05) is 19.0 Å². The molecular weight excluding hydrogens is 258 g/mol. The Morgan fingerprint density at radius 1 is 1.10 bits per heavy atom. The molecule has 21 heavy (non-hydrogen) atoms. The van der Waals surface area contributed by atoms with Gasteiger partial charge in [0.15, 0.2) is 0 Å². The summed E-state index contributed by atoms with van der Waals surface area (Å²) < 4.78 is 0. The molecule has 3 unspecified atom stereocenters. The van der Waals surface area contributed by atoms with Crippen LogP contribution >= 0.6 is 0 Å². The van der Waals surface area contributed by atoms with Gasteiger partial charge < -0.3 is 0 Å². The Morgan fingerprint density at radius 2 is 1.76 bits per heavy atom. The van der Waals surface area contributed by atoms with E-state index in [1.165, 1.54) is 24.0 Å². The van der Waals surface area contributed by atoms with E-state index in [2.05, 4.69) is 71.0 Å². The lowest BCUT2D eigenvalue weighted by molar-refractivity contribution is -0.180. The predicted octanol–water partition coefficient (Wildman–Crippen LogP) is 4.54. The Morgan fingerprint density at radius 3 is 2.43 bits per heavy atom. The van der Waals surface area contributed by atoms with Crippen LogP contribution in [0.5, 0.6) is 0 Å². The van der Waals surface area contributed by atoms with Crippen LogP contribution in [0.25, 0.3) is 0 Å². The first-order valence-corrected chi connectivity index (χ1v) is 8.22. The van der Waals surface area contributed by atoms with Crippen molar-refractivity contribution in [1.82, 2.24) is 5.06 Å². The van der Waals surface area contributed by atoms with Crippen molar-refractivity contribution >= 4 is 0 Å². The number of nitrogens with zero attached hydrogens (tertiary/aromatic N) is 1. The third-order valence-corrected chi connectivity index (χ3v) is 5.99. The van der Waals surface area contributed by atoms with Gasteiger partial charge in [0.1, 0.15) is 0 Å². The summed E-state index contributed by atoms with van der Waals surface area (Å²) in [6, 6.07) is 9.46. The second-order valence-electron chi connectivity index (χ2n) is 8.09. The van der Waals surface area contributed by atoms with Gasteiger partial charge in [-0.2, -0.15) is 5.06 Å². The minimum atomic E-state index is -0.0791. The molecule has 1 aromatic carbocycles. The Kier molecular flexibility index (Phi) is 3.46. The van der Waals surface area contributed by atoms with E-state index >= 15 is 0 Å². The third-order valence-electron chi connectivity index (χ3n) is 5.99.